The molecular weight excluding hydrogens is 607 g/mol. The quantitative estimate of drug-likeness (QED) is 0.0531. The molecule has 0 fully saturated rings. The van der Waals surface area contributed by atoms with Crippen molar-refractivity contribution in [3.63, 3.8) is 0 Å². The van der Waals surface area contributed by atoms with Crippen LogP contribution in [0.4, 0.5) is 4.39 Å². The van der Waals surface area contributed by atoms with Crippen molar-refractivity contribution >= 4 is 11.9 Å². The van der Waals surface area contributed by atoms with Crippen LogP contribution in [0.3, 0.4) is 0 Å². The predicted molar refractivity (Wildman–Crippen MR) is 188 cm³/mol. The lowest BCUT2D eigenvalue weighted by Gasteiger charge is -2.13. The molecule has 0 aliphatic heterocycles. The maximum atomic E-state index is 14.8. The van der Waals surface area contributed by atoms with Gasteiger partial charge in [0.15, 0.2) is 11.6 Å². The monoisotopic (exact) mass is 658 g/mol. The normalized spacial score (nSPS) is 11.3. The molecule has 0 aromatic heterocycles. The van der Waals surface area contributed by atoms with Crippen LogP contribution in [0, 0.1) is 17.7 Å². The zero-order chi connectivity index (χ0) is 34.4. The van der Waals surface area contributed by atoms with E-state index in [0.29, 0.717) is 41.2 Å². The first-order valence-corrected chi connectivity index (χ1v) is 17.6. The fourth-order valence-electron chi connectivity index (χ4n) is 5.15. The molecule has 6 nitrogen and oxygen atoms in total. The highest BCUT2D eigenvalue weighted by molar-refractivity contribution is 5.91. The molecule has 0 spiro atoms. The smallest absolute Gasteiger partial charge is 0.343 e. The van der Waals surface area contributed by atoms with Gasteiger partial charge in [0.1, 0.15) is 5.75 Å². The fourth-order valence-corrected chi connectivity index (χ4v) is 5.15. The van der Waals surface area contributed by atoms with E-state index in [1.165, 1.54) is 57.1 Å². The topological polar surface area (TPSA) is 82.1 Å². The Hall–Kier alpha value is -4.15. The van der Waals surface area contributed by atoms with Crippen LogP contribution in [-0.4, -0.2) is 36.4 Å². The van der Waals surface area contributed by atoms with Crippen molar-refractivity contribution in [2.75, 3.05) is 13.2 Å². The van der Waals surface area contributed by atoms with Crippen LogP contribution in [0.15, 0.2) is 66.7 Å². The minimum atomic E-state index is -0.696. The molecule has 0 radical (unpaired) electrons. The Morgan fingerprint density at radius 3 is 1.92 bits per heavy atom. The van der Waals surface area contributed by atoms with Gasteiger partial charge in [-0.1, -0.05) is 83.0 Å². The van der Waals surface area contributed by atoms with E-state index < -0.39 is 11.8 Å². The highest BCUT2D eigenvalue weighted by atomic mass is 19.1. The van der Waals surface area contributed by atoms with E-state index in [9.17, 15) is 14.0 Å². The van der Waals surface area contributed by atoms with Crippen LogP contribution in [0.25, 0.3) is 0 Å². The second-order valence-electron chi connectivity index (χ2n) is 12.2. The number of aliphatic hydroxyl groups excluding tert-OH is 1. The molecule has 3 rings (SSSR count). The molecule has 3 aromatic carbocycles. The van der Waals surface area contributed by atoms with Crippen LogP contribution in [0.2, 0.25) is 0 Å². The number of aliphatic hydroxyl groups is 1. The largest absolute Gasteiger partial charge is 0.494 e. The Labute approximate surface area is 286 Å². The van der Waals surface area contributed by atoms with Gasteiger partial charge in [0, 0.05) is 17.7 Å². The van der Waals surface area contributed by atoms with Gasteiger partial charge in [-0.2, -0.15) is 0 Å². The molecule has 3 aromatic rings. The van der Waals surface area contributed by atoms with Crippen LogP contribution >= 0.6 is 0 Å². The van der Waals surface area contributed by atoms with E-state index in [1.54, 1.807) is 54.6 Å². The van der Waals surface area contributed by atoms with Crippen molar-refractivity contribution in [1.82, 2.24) is 0 Å². The molecule has 0 bridgehead atoms. The zero-order valence-corrected chi connectivity index (χ0v) is 28.6. The van der Waals surface area contributed by atoms with Gasteiger partial charge in [-0.05, 0) is 99.3 Å². The van der Waals surface area contributed by atoms with Gasteiger partial charge in [0.05, 0.1) is 23.8 Å². The minimum Gasteiger partial charge on any atom is -0.494 e. The third-order valence-electron chi connectivity index (χ3n) is 8.04. The Morgan fingerprint density at radius 2 is 1.27 bits per heavy atom. The summed E-state index contributed by atoms with van der Waals surface area (Å²) in [5.74, 6) is 4.64. The first kappa shape index (κ1) is 38.3. The lowest BCUT2D eigenvalue weighted by atomic mass is 10.1. The second-order valence-corrected chi connectivity index (χ2v) is 12.2. The van der Waals surface area contributed by atoms with E-state index in [-0.39, 0.29) is 17.8 Å². The van der Waals surface area contributed by atoms with Gasteiger partial charge in [-0.3, -0.25) is 0 Å². The Morgan fingerprint density at radius 1 is 0.708 bits per heavy atom. The summed E-state index contributed by atoms with van der Waals surface area (Å²) in [7, 11) is 0. The van der Waals surface area contributed by atoms with Crippen LogP contribution in [-0.2, 0) is 4.74 Å². The van der Waals surface area contributed by atoms with Crippen LogP contribution < -0.4 is 9.47 Å². The van der Waals surface area contributed by atoms with Crippen molar-refractivity contribution in [3.8, 4) is 23.3 Å². The lowest BCUT2D eigenvalue weighted by molar-refractivity contribution is 0.0319. The minimum absolute atomic E-state index is 0.134. The average Bonchev–Trinajstić information content (AvgIpc) is 3.09. The number of unbranched alkanes of at least 4 members (excludes halogenated alkanes) is 11. The number of carbonyl (C=O) groups is 2. The van der Waals surface area contributed by atoms with Crippen molar-refractivity contribution in [2.24, 2.45) is 0 Å². The maximum absolute atomic E-state index is 14.8. The molecule has 1 atom stereocenters. The summed E-state index contributed by atoms with van der Waals surface area (Å²) in [6, 6.07) is 17.6. The molecule has 0 amide bonds. The number of hydrogen-bond donors (Lipinski definition) is 1. The summed E-state index contributed by atoms with van der Waals surface area (Å²) in [5, 5.41) is 8.81. The number of carbonyl (C=O) groups excluding carboxylic acids is 2. The maximum Gasteiger partial charge on any atom is 0.343 e. The van der Waals surface area contributed by atoms with Crippen LogP contribution in [0.5, 0.6) is 11.5 Å². The zero-order valence-electron chi connectivity index (χ0n) is 28.6. The fraction of sp³-hybridized carbons (Fsp3) is 0.463. The van der Waals surface area contributed by atoms with Gasteiger partial charge in [-0.15, -0.1) is 0 Å². The van der Waals surface area contributed by atoms with E-state index in [2.05, 4.69) is 18.8 Å². The molecule has 258 valence electrons. The van der Waals surface area contributed by atoms with E-state index in [0.717, 1.165) is 44.9 Å². The lowest BCUT2D eigenvalue weighted by Crippen LogP contribution is -2.15. The summed E-state index contributed by atoms with van der Waals surface area (Å²) in [6.07, 6.45) is 15.4. The summed E-state index contributed by atoms with van der Waals surface area (Å²) >= 11 is 0. The molecule has 48 heavy (non-hydrogen) atoms. The van der Waals surface area contributed by atoms with E-state index in [4.69, 9.17) is 19.3 Å². The Balaban J connectivity index is 1.40. The predicted octanol–water partition coefficient (Wildman–Crippen LogP) is 9.84. The first-order chi connectivity index (χ1) is 23.4. The average molecular weight is 659 g/mol. The number of ether oxygens (including phenoxy) is 3. The number of halogens is 1. The molecule has 0 unspecified atom stereocenters. The van der Waals surface area contributed by atoms with Gasteiger partial charge in [-0.25, -0.2) is 14.0 Å². The van der Waals surface area contributed by atoms with Gasteiger partial charge in [0.2, 0.25) is 0 Å². The molecule has 7 heteroatoms. The molecule has 0 saturated heterocycles. The van der Waals surface area contributed by atoms with Crippen molar-refractivity contribution < 1.29 is 33.3 Å². The highest BCUT2D eigenvalue weighted by Gasteiger charge is 2.14. The summed E-state index contributed by atoms with van der Waals surface area (Å²) in [4.78, 5) is 25.1. The number of hydrogen-bond acceptors (Lipinski definition) is 6. The van der Waals surface area contributed by atoms with Crippen molar-refractivity contribution in [3.05, 3.63) is 94.8 Å². The Kier molecular flexibility index (Phi) is 17.9. The van der Waals surface area contributed by atoms with Crippen molar-refractivity contribution in [1.29, 1.82) is 0 Å². The highest BCUT2D eigenvalue weighted by Crippen LogP contribution is 2.21. The third-order valence-corrected chi connectivity index (χ3v) is 8.04. The number of benzene rings is 3. The van der Waals surface area contributed by atoms with Gasteiger partial charge >= 0.3 is 11.9 Å². The summed E-state index contributed by atoms with van der Waals surface area (Å²) < 4.78 is 31.4. The Bertz CT molecular complexity index is 1440. The number of rotatable bonds is 21. The van der Waals surface area contributed by atoms with Crippen LogP contribution in [0.1, 0.15) is 136 Å². The second kappa shape index (κ2) is 22.4. The van der Waals surface area contributed by atoms with E-state index in [1.807, 2.05) is 6.92 Å². The molecule has 0 heterocycles. The molecule has 0 saturated carbocycles. The molecule has 1 N–H and O–H groups in total. The van der Waals surface area contributed by atoms with Crippen molar-refractivity contribution in [2.45, 2.75) is 110 Å². The van der Waals surface area contributed by atoms with Gasteiger partial charge in [0.25, 0.3) is 0 Å². The summed E-state index contributed by atoms with van der Waals surface area (Å²) in [5.41, 5.74) is 1.83. The SMILES string of the molecule is CCCCCC[C@@H](C)OC(=O)c1ccc(C#Cc2ccc(OC(=O)c3ccc(OCCCCCCCCCCCO)cc3)c(F)c2)cc1. The third kappa shape index (κ3) is 14.7. The van der Waals surface area contributed by atoms with Gasteiger partial charge < -0.3 is 19.3 Å². The summed E-state index contributed by atoms with van der Waals surface area (Å²) in [6.45, 7) is 4.98. The standard InChI is InChI=1S/C41H51FO6/c1-3-4-5-13-16-32(2)47-40(44)35-22-19-33(20-23-35)17-18-34-21-28-39(38(42)31-34)48-41(45)36-24-26-37(27-25-36)46-30-15-12-10-8-6-7-9-11-14-29-43/h19-28,31-32,43H,3-16,29-30H2,1-2H3/t32-/m1/s1. The molecule has 0 aliphatic carbocycles. The molecular formula is C41H51FO6. The molecule has 0 aliphatic rings. The number of esters is 2. The van der Waals surface area contributed by atoms with E-state index >= 15 is 0 Å². The first-order valence-electron chi connectivity index (χ1n) is 17.6.